The van der Waals surface area contributed by atoms with Crippen LogP contribution in [0.1, 0.15) is 37.5 Å². The second kappa shape index (κ2) is 11.0. The zero-order chi connectivity index (χ0) is 24.9. The van der Waals surface area contributed by atoms with Crippen LogP contribution >= 0.6 is 11.6 Å². The van der Waals surface area contributed by atoms with Gasteiger partial charge < -0.3 is 10.2 Å². The van der Waals surface area contributed by atoms with Crippen molar-refractivity contribution >= 4 is 39.1 Å². The van der Waals surface area contributed by atoms with Gasteiger partial charge in [-0.2, -0.15) is 0 Å². The third kappa shape index (κ3) is 6.95. The molecule has 2 aromatic carbocycles. The Morgan fingerprint density at radius 2 is 1.67 bits per heavy atom. The molecule has 0 spiro atoms. The van der Waals surface area contributed by atoms with Gasteiger partial charge in [0, 0.05) is 17.6 Å². The van der Waals surface area contributed by atoms with Gasteiger partial charge in [-0.05, 0) is 63.4 Å². The number of benzene rings is 2. The van der Waals surface area contributed by atoms with Gasteiger partial charge in [-0.15, -0.1) is 0 Å². The summed E-state index contributed by atoms with van der Waals surface area (Å²) in [6.45, 7) is 8.66. The van der Waals surface area contributed by atoms with Crippen LogP contribution in [0, 0.1) is 13.8 Å². The summed E-state index contributed by atoms with van der Waals surface area (Å²) >= 11 is 6.20. The van der Waals surface area contributed by atoms with Crippen molar-refractivity contribution in [2.45, 2.75) is 53.2 Å². The largest absolute Gasteiger partial charge is 0.352 e. The highest BCUT2D eigenvalue weighted by atomic mass is 35.5. The SMILES string of the molecule is Cc1ccccc1CN(C(=O)CN(c1cccc(Cl)c1C)S(C)(=O)=O)C(C)C(=O)NC(C)C. The molecule has 0 aromatic heterocycles. The lowest BCUT2D eigenvalue weighted by molar-refractivity contribution is -0.139. The predicted molar refractivity (Wildman–Crippen MR) is 133 cm³/mol. The van der Waals surface area contributed by atoms with Crippen molar-refractivity contribution in [3.8, 4) is 0 Å². The van der Waals surface area contributed by atoms with Gasteiger partial charge >= 0.3 is 0 Å². The molecular weight excluding hydrogens is 462 g/mol. The number of nitrogens with one attached hydrogen (secondary N) is 1. The molecule has 180 valence electrons. The molecular formula is C24H32ClN3O4S. The number of anilines is 1. The Morgan fingerprint density at radius 1 is 1.03 bits per heavy atom. The van der Waals surface area contributed by atoms with Crippen LogP contribution in [0.3, 0.4) is 0 Å². The number of carbonyl (C=O) groups excluding carboxylic acids is 2. The molecule has 33 heavy (non-hydrogen) atoms. The van der Waals surface area contributed by atoms with Crippen LogP contribution in [0.4, 0.5) is 5.69 Å². The van der Waals surface area contributed by atoms with Gasteiger partial charge in [0.1, 0.15) is 12.6 Å². The van der Waals surface area contributed by atoms with Gasteiger partial charge in [0.2, 0.25) is 21.8 Å². The van der Waals surface area contributed by atoms with E-state index in [0.29, 0.717) is 16.3 Å². The second-order valence-corrected chi connectivity index (χ2v) is 10.8. The predicted octanol–water partition coefficient (Wildman–Crippen LogP) is 3.66. The lowest BCUT2D eigenvalue weighted by Crippen LogP contribution is -2.52. The van der Waals surface area contributed by atoms with Crippen LogP contribution in [0.5, 0.6) is 0 Å². The maximum Gasteiger partial charge on any atom is 0.244 e. The Kier molecular flexibility index (Phi) is 8.91. The third-order valence-electron chi connectivity index (χ3n) is 5.39. The zero-order valence-electron chi connectivity index (χ0n) is 19.9. The van der Waals surface area contributed by atoms with Gasteiger partial charge in [-0.1, -0.05) is 41.9 Å². The molecule has 0 bridgehead atoms. The molecule has 0 saturated heterocycles. The summed E-state index contributed by atoms with van der Waals surface area (Å²) in [7, 11) is -3.81. The quantitative estimate of drug-likeness (QED) is 0.577. The summed E-state index contributed by atoms with van der Waals surface area (Å²) in [4.78, 5) is 27.7. The lowest BCUT2D eigenvalue weighted by Gasteiger charge is -2.32. The van der Waals surface area contributed by atoms with Gasteiger partial charge in [0.25, 0.3) is 0 Å². The van der Waals surface area contributed by atoms with Crippen LogP contribution in [0.25, 0.3) is 0 Å². The van der Waals surface area contributed by atoms with Crippen molar-refractivity contribution in [2.24, 2.45) is 0 Å². The molecule has 1 atom stereocenters. The van der Waals surface area contributed by atoms with E-state index in [2.05, 4.69) is 5.32 Å². The van der Waals surface area contributed by atoms with Gasteiger partial charge in [0.05, 0.1) is 11.9 Å². The van der Waals surface area contributed by atoms with Gasteiger partial charge in [-0.3, -0.25) is 13.9 Å². The monoisotopic (exact) mass is 493 g/mol. The van der Waals surface area contributed by atoms with Crippen LogP contribution < -0.4 is 9.62 Å². The first-order chi connectivity index (χ1) is 15.3. The van der Waals surface area contributed by atoms with E-state index in [1.165, 1.54) is 4.90 Å². The number of carbonyl (C=O) groups is 2. The minimum absolute atomic E-state index is 0.100. The van der Waals surface area contributed by atoms with E-state index in [4.69, 9.17) is 11.6 Å². The molecule has 0 aliphatic rings. The van der Waals surface area contributed by atoms with Crippen LogP contribution in [0.15, 0.2) is 42.5 Å². The summed E-state index contributed by atoms with van der Waals surface area (Å²) in [5.74, 6) is -0.800. The molecule has 7 nitrogen and oxygen atoms in total. The molecule has 0 saturated carbocycles. The fourth-order valence-corrected chi connectivity index (χ4v) is 4.49. The maximum absolute atomic E-state index is 13.5. The number of sulfonamides is 1. The highest BCUT2D eigenvalue weighted by molar-refractivity contribution is 7.92. The number of nitrogens with zero attached hydrogens (tertiary/aromatic N) is 2. The van der Waals surface area contributed by atoms with Crippen molar-refractivity contribution in [3.05, 3.63) is 64.2 Å². The molecule has 2 amide bonds. The zero-order valence-corrected chi connectivity index (χ0v) is 21.5. The molecule has 2 aromatic rings. The molecule has 0 aliphatic heterocycles. The summed E-state index contributed by atoms with van der Waals surface area (Å²) in [6, 6.07) is 11.6. The first kappa shape index (κ1) is 26.7. The Balaban J connectivity index is 2.45. The van der Waals surface area contributed by atoms with Crippen molar-refractivity contribution in [2.75, 3.05) is 17.1 Å². The molecule has 0 fully saturated rings. The molecule has 9 heteroatoms. The Bertz CT molecular complexity index is 1120. The summed E-state index contributed by atoms with van der Waals surface area (Å²) in [6.07, 6.45) is 1.04. The van der Waals surface area contributed by atoms with Crippen LogP contribution in [-0.2, 0) is 26.2 Å². The van der Waals surface area contributed by atoms with E-state index >= 15 is 0 Å². The molecule has 1 N–H and O–H groups in total. The fourth-order valence-electron chi connectivity index (χ4n) is 3.42. The van der Waals surface area contributed by atoms with E-state index < -0.39 is 28.5 Å². The van der Waals surface area contributed by atoms with Gasteiger partial charge in [-0.25, -0.2) is 8.42 Å². The summed E-state index contributed by atoms with van der Waals surface area (Å²) < 4.78 is 26.3. The van der Waals surface area contributed by atoms with Crippen molar-refractivity contribution in [1.29, 1.82) is 0 Å². The number of amides is 2. The van der Waals surface area contributed by atoms with Crippen LogP contribution in [0.2, 0.25) is 5.02 Å². The number of hydrogen-bond acceptors (Lipinski definition) is 4. The molecule has 1 unspecified atom stereocenters. The number of hydrogen-bond donors (Lipinski definition) is 1. The first-order valence-electron chi connectivity index (χ1n) is 10.7. The highest BCUT2D eigenvalue weighted by Gasteiger charge is 2.31. The Hall–Kier alpha value is -2.58. The normalized spacial score (nSPS) is 12.4. The van der Waals surface area contributed by atoms with Crippen molar-refractivity contribution in [3.63, 3.8) is 0 Å². The van der Waals surface area contributed by atoms with Crippen molar-refractivity contribution < 1.29 is 18.0 Å². The Morgan fingerprint density at radius 3 is 2.24 bits per heavy atom. The molecule has 0 radical (unpaired) electrons. The minimum Gasteiger partial charge on any atom is -0.352 e. The van der Waals surface area contributed by atoms with E-state index in [1.807, 2.05) is 45.0 Å². The highest BCUT2D eigenvalue weighted by Crippen LogP contribution is 2.28. The topological polar surface area (TPSA) is 86.8 Å². The molecule has 0 heterocycles. The second-order valence-electron chi connectivity index (χ2n) is 8.44. The summed E-state index contributed by atoms with van der Waals surface area (Å²) in [5.41, 5.74) is 2.72. The van der Waals surface area contributed by atoms with E-state index in [1.54, 1.807) is 32.0 Å². The smallest absolute Gasteiger partial charge is 0.244 e. The van der Waals surface area contributed by atoms with E-state index in [0.717, 1.165) is 21.7 Å². The van der Waals surface area contributed by atoms with Crippen LogP contribution in [-0.4, -0.2) is 50.0 Å². The number of halogens is 1. The van der Waals surface area contributed by atoms with Crippen molar-refractivity contribution in [1.82, 2.24) is 10.2 Å². The van der Waals surface area contributed by atoms with E-state index in [-0.39, 0.29) is 18.5 Å². The maximum atomic E-state index is 13.5. The minimum atomic E-state index is -3.81. The molecule has 0 aliphatic carbocycles. The lowest BCUT2D eigenvalue weighted by atomic mass is 10.1. The number of rotatable bonds is 9. The average Bonchev–Trinajstić information content (AvgIpc) is 2.71. The van der Waals surface area contributed by atoms with E-state index in [9.17, 15) is 18.0 Å². The average molecular weight is 494 g/mol. The third-order valence-corrected chi connectivity index (χ3v) is 6.92. The van der Waals surface area contributed by atoms with Gasteiger partial charge in [0.15, 0.2) is 0 Å². The Labute approximate surface area is 201 Å². The fraction of sp³-hybridized carbons (Fsp3) is 0.417. The summed E-state index contributed by atoms with van der Waals surface area (Å²) in [5, 5.41) is 3.23. The first-order valence-corrected chi connectivity index (χ1v) is 12.9. The molecule has 2 rings (SSSR count). The standard InChI is InChI=1S/C24H32ClN3O4S/c1-16(2)26-24(30)19(5)27(14-20-11-8-7-10-17(20)3)23(29)15-28(33(6,31)32)22-13-9-12-21(25)18(22)4/h7-13,16,19H,14-15H2,1-6H3,(H,26,30). The number of aryl methyl sites for hydroxylation is 1.